The number of carbonyl (C=O) groups is 4. The summed E-state index contributed by atoms with van der Waals surface area (Å²) in [7, 11) is 0. The molecule has 0 radical (unpaired) electrons. The van der Waals surface area contributed by atoms with E-state index < -0.39 is 0 Å². The minimum Gasteiger partial charge on any atom is -0.465 e. The Labute approximate surface area is 312 Å². The summed E-state index contributed by atoms with van der Waals surface area (Å²) in [6, 6.07) is 0. The van der Waals surface area contributed by atoms with Crippen molar-refractivity contribution in [1.29, 1.82) is 0 Å². The third-order valence-corrected chi connectivity index (χ3v) is 13.1. The topological polar surface area (TPSA) is 105 Å². The molecular weight excluding hydrogens is 644 g/mol. The van der Waals surface area contributed by atoms with Crippen molar-refractivity contribution in [3.05, 3.63) is 0 Å². The lowest BCUT2D eigenvalue weighted by Crippen LogP contribution is -2.38. The fourth-order valence-corrected chi connectivity index (χ4v) is 10.8. The Morgan fingerprint density at radius 3 is 1.90 bits per heavy atom. The first-order valence-corrected chi connectivity index (χ1v) is 19.0. The first-order valence-electron chi connectivity index (χ1n) is 19.0. The SMILES string of the molecule is C.C.C.C.CC(=O)OC(C)(C)C.CCC(C)C(=O)OC1CC2CC1C1C3CCC(C3)C21.CCC(C)C(=O)OCC1C(=O)OC2CC1C1CCCC21. The Morgan fingerprint density at radius 1 is 0.745 bits per heavy atom. The van der Waals surface area contributed by atoms with Gasteiger partial charge in [0.15, 0.2) is 0 Å². The van der Waals surface area contributed by atoms with Crippen LogP contribution in [0, 0.1) is 71.0 Å². The summed E-state index contributed by atoms with van der Waals surface area (Å²) in [4.78, 5) is 46.2. The minimum atomic E-state index is -0.328. The van der Waals surface area contributed by atoms with E-state index in [0.29, 0.717) is 17.8 Å². The van der Waals surface area contributed by atoms with Gasteiger partial charge < -0.3 is 18.9 Å². The van der Waals surface area contributed by atoms with E-state index >= 15 is 0 Å². The Balaban J connectivity index is 0.000000398. The Morgan fingerprint density at radius 2 is 1.33 bits per heavy atom. The van der Waals surface area contributed by atoms with Gasteiger partial charge in [0, 0.05) is 6.92 Å². The van der Waals surface area contributed by atoms with Crippen LogP contribution in [-0.2, 0) is 38.1 Å². The molecule has 0 aromatic rings. The predicted molar refractivity (Wildman–Crippen MR) is 205 cm³/mol. The molecule has 51 heavy (non-hydrogen) atoms. The van der Waals surface area contributed by atoms with Gasteiger partial charge in [-0.05, 0) is 138 Å². The van der Waals surface area contributed by atoms with Crippen molar-refractivity contribution in [2.75, 3.05) is 6.61 Å². The van der Waals surface area contributed by atoms with E-state index in [9.17, 15) is 19.2 Å². The van der Waals surface area contributed by atoms with Crippen molar-refractivity contribution in [2.24, 2.45) is 71.0 Å². The second kappa shape index (κ2) is 19.3. The lowest BCUT2D eigenvalue weighted by Gasteiger charge is -2.38. The van der Waals surface area contributed by atoms with Crippen molar-refractivity contribution in [1.82, 2.24) is 0 Å². The zero-order valence-electron chi connectivity index (χ0n) is 30.3. The van der Waals surface area contributed by atoms with E-state index in [0.717, 1.165) is 54.8 Å². The molecule has 7 fully saturated rings. The molecule has 0 amide bonds. The van der Waals surface area contributed by atoms with Gasteiger partial charge in [0.1, 0.15) is 24.4 Å². The molecule has 0 aromatic heterocycles. The Kier molecular flexibility index (Phi) is 17.7. The van der Waals surface area contributed by atoms with Crippen LogP contribution in [0.25, 0.3) is 0 Å². The van der Waals surface area contributed by atoms with Crippen LogP contribution in [0.15, 0.2) is 0 Å². The van der Waals surface area contributed by atoms with E-state index in [1.54, 1.807) is 0 Å². The molecule has 6 aliphatic carbocycles. The molecule has 8 nitrogen and oxygen atoms in total. The second-order valence-electron chi connectivity index (χ2n) is 17.1. The third kappa shape index (κ3) is 10.3. The van der Waals surface area contributed by atoms with Gasteiger partial charge in [-0.1, -0.05) is 63.8 Å². The van der Waals surface area contributed by atoms with Gasteiger partial charge in [-0.3, -0.25) is 19.2 Å². The van der Waals surface area contributed by atoms with Crippen LogP contribution in [0.1, 0.15) is 156 Å². The molecule has 1 saturated heterocycles. The highest BCUT2D eigenvalue weighted by Gasteiger charge is 2.63. The first kappa shape index (κ1) is 46.9. The smallest absolute Gasteiger partial charge is 0.312 e. The maximum absolute atomic E-state index is 12.1. The molecule has 14 atom stereocenters. The van der Waals surface area contributed by atoms with Crippen molar-refractivity contribution >= 4 is 23.9 Å². The van der Waals surface area contributed by atoms with Gasteiger partial charge in [-0.2, -0.15) is 0 Å². The minimum absolute atomic E-state index is 0. The lowest BCUT2D eigenvalue weighted by atomic mass is 9.70. The molecule has 0 N–H and O–H groups in total. The summed E-state index contributed by atoms with van der Waals surface area (Å²) in [6.07, 6.45) is 13.7. The summed E-state index contributed by atoms with van der Waals surface area (Å²) in [5.74, 6) is 6.38. The van der Waals surface area contributed by atoms with E-state index in [1.165, 1.54) is 58.3 Å². The van der Waals surface area contributed by atoms with Crippen LogP contribution in [0.2, 0.25) is 0 Å². The van der Waals surface area contributed by atoms with E-state index in [2.05, 4.69) is 6.92 Å². The van der Waals surface area contributed by atoms with Gasteiger partial charge in [0.2, 0.25) is 0 Å². The highest BCUT2D eigenvalue weighted by atomic mass is 16.6. The average Bonchev–Trinajstić information content (AvgIpc) is 3.85. The summed E-state index contributed by atoms with van der Waals surface area (Å²) >= 11 is 0. The molecule has 14 unspecified atom stereocenters. The van der Waals surface area contributed by atoms with E-state index in [-0.39, 0.29) is 95.8 Å². The fourth-order valence-electron chi connectivity index (χ4n) is 10.8. The van der Waals surface area contributed by atoms with Gasteiger partial charge in [0.25, 0.3) is 0 Å². The number of carbonyl (C=O) groups excluding carboxylic acids is 4. The molecule has 7 aliphatic rings. The molecule has 6 saturated carbocycles. The van der Waals surface area contributed by atoms with Crippen LogP contribution in [-0.4, -0.2) is 48.3 Å². The zero-order valence-corrected chi connectivity index (χ0v) is 30.3. The van der Waals surface area contributed by atoms with Gasteiger partial charge in [-0.25, -0.2) is 0 Å². The van der Waals surface area contributed by atoms with Crippen molar-refractivity contribution in [2.45, 2.75) is 174 Å². The van der Waals surface area contributed by atoms with Gasteiger partial charge >= 0.3 is 23.9 Å². The Bertz CT molecular complexity index is 1140. The van der Waals surface area contributed by atoms with Crippen LogP contribution >= 0.6 is 0 Å². The van der Waals surface area contributed by atoms with E-state index in [1.807, 2.05) is 41.5 Å². The molecule has 6 bridgehead atoms. The summed E-state index contributed by atoms with van der Waals surface area (Å²) in [5.41, 5.74) is -0.328. The number of hydrogen-bond acceptors (Lipinski definition) is 8. The van der Waals surface area contributed by atoms with Crippen molar-refractivity contribution in [3.63, 3.8) is 0 Å². The van der Waals surface area contributed by atoms with Crippen LogP contribution < -0.4 is 0 Å². The maximum Gasteiger partial charge on any atom is 0.312 e. The lowest BCUT2D eigenvalue weighted by molar-refractivity contribution is -0.168. The van der Waals surface area contributed by atoms with Crippen molar-refractivity contribution in [3.8, 4) is 0 Å². The number of esters is 4. The highest BCUT2D eigenvalue weighted by molar-refractivity contribution is 5.76. The zero-order chi connectivity index (χ0) is 34.2. The normalized spacial score (nSPS) is 36.6. The molecule has 0 aromatic carbocycles. The largest absolute Gasteiger partial charge is 0.465 e. The molecule has 1 heterocycles. The molecule has 7 rings (SSSR count). The second-order valence-corrected chi connectivity index (χ2v) is 17.1. The summed E-state index contributed by atoms with van der Waals surface area (Å²) in [6.45, 7) is 15.0. The molecule has 1 aliphatic heterocycles. The number of rotatable bonds is 7. The van der Waals surface area contributed by atoms with Gasteiger partial charge in [-0.15, -0.1) is 0 Å². The number of ether oxygens (including phenoxy) is 4. The average molecular weight is 723 g/mol. The molecule has 298 valence electrons. The van der Waals surface area contributed by atoms with Crippen molar-refractivity contribution < 1.29 is 38.1 Å². The van der Waals surface area contributed by atoms with E-state index in [4.69, 9.17) is 18.9 Å². The van der Waals surface area contributed by atoms with Crippen LogP contribution in [0.4, 0.5) is 0 Å². The highest BCUT2D eigenvalue weighted by Crippen LogP contribution is 2.67. The number of fused-ring (bicyclic) bond motifs is 14. The first-order chi connectivity index (χ1) is 22.2. The fraction of sp³-hybridized carbons (Fsp3) is 0.907. The van der Waals surface area contributed by atoms with Gasteiger partial charge in [0.05, 0.1) is 17.8 Å². The molecule has 8 heteroatoms. The van der Waals surface area contributed by atoms with Crippen LogP contribution in [0.3, 0.4) is 0 Å². The third-order valence-electron chi connectivity index (χ3n) is 13.1. The number of hydrogen-bond donors (Lipinski definition) is 0. The summed E-state index contributed by atoms with van der Waals surface area (Å²) < 4.78 is 21.6. The molecule has 0 spiro atoms. The Hall–Kier alpha value is -2.12. The summed E-state index contributed by atoms with van der Waals surface area (Å²) in [5, 5.41) is 0. The quantitative estimate of drug-likeness (QED) is 0.145. The van der Waals surface area contributed by atoms with Crippen LogP contribution in [0.5, 0.6) is 0 Å². The predicted octanol–water partition coefficient (Wildman–Crippen LogP) is 10.1. The molecular formula is C43H78O8. The standard InChI is InChI=1S/C17H26O2.C16H24O4.C6H12O2.4CH4/c1-3-9(2)17(18)19-14-8-12-7-13(14)16-11-5-4-10(6-11)15(12)16;1-3-9(2)15(17)19-8-13-12-7-14(20-16(13)18)11-6-4-5-10(11)12;1-5(7)8-6(2,3)4;;;;/h9-16H,3-8H2,1-2H3;9-14H,3-8H2,1-2H3;1-4H3;4*1H4. The maximum atomic E-state index is 12.1. The monoisotopic (exact) mass is 723 g/mol.